The minimum Gasteiger partial charge on any atom is -0.315 e. The highest BCUT2D eigenvalue weighted by atomic mass is 19.4. The maximum absolute atomic E-state index is 12.4. The lowest BCUT2D eigenvalue weighted by Crippen LogP contribution is -2.45. The van der Waals surface area contributed by atoms with Gasteiger partial charge in [0.05, 0.1) is 6.10 Å². The quantitative estimate of drug-likeness (QED) is 0.666. The molecule has 0 aliphatic carbocycles. The molecule has 0 saturated heterocycles. The highest BCUT2D eigenvalue weighted by Gasteiger charge is 2.58. The van der Waals surface area contributed by atoms with Crippen molar-refractivity contribution in [1.82, 2.24) is 0 Å². The van der Waals surface area contributed by atoms with Gasteiger partial charge in [-0.1, -0.05) is 6.92 Å². The molecule has 0 aliphatic rings. The molecular formula is C7H10F6O. The highest BCUT2D eigenvalue weighted by molar-refractivity contribution is 4.76. The number of halogens is 6. The Morgan fingerprint density at radius 2 is 1.57 bits per heavy atom. The van der Waals surface area contributed by atoms with Crippen molar-refractivity contribution in [3.05, 3.63) is 0 Å². The van der Waals surface area contributed by atoms with Crippen molar-refractivity contribution >= 4 is 0 Å². The third kappa shape index (κ3) is 3.73. The lowest BCUT2D eigenvalue weighted by Gasteiger charge is -2.25. The monoisotopic (exact) mass is 224 g/mol. The molecule has 2 unspecified atom stereocenters. The molecule has 0 aromatic heterocycles. The van der Waals surface area contributed by atoms with E-state index in [1.165, 1.54) is 6.92 Å². The van der Waals surface area contributed by atoms with Crippen LogP contribution in [0.25, 0.3) is 0 Å². The lowest BCUT2D eigenvalue weighted by molar-refractivity contribution is -0.346. The molecule has 2 atom stereocenters. The summed E-state index contributed by atoms with van der Waals surface area (Å²) >= 11 is 0. The molecule has 86 valence electrons. The van der Waals surface area contributed by atoms with Gasteiger partial charge in [-0.2, -0.15) is 22.0 Å². The zero-order valence-electron chi connectivity index (χ0n) is 7.54. The van der Waals surface area contributed by atoms with E-state index in [1.807, 2.05) is 0 Å². The van der Waals surface area contributed by atoms with Crippen molar-refractivity contribution in [3.8, 4) is 0 Å². The van der Waals surface area contributed by atoms with E-state index in [-0.39, 0.29) is 6.42 Å². The summed E-state index contributed by atoms with van der Waals surface area (Å²) in [4.78, 5) is 0. The SMILES string of the molecule is CCC(C)OC(F)(F)C(F)C(F)(F)F. The van der Waals surface area contributed by atoms with Crippen molar-refractivity contribution in [3.63, 3.8) is 0 Å². The lowest BCUT2D eigenvalue weighted by atomic mass is 10.3. The van der Waals surface area contributed by atoms with E-state index in [0.717, 1.165) is 6.92 Å². The Morgan fingerprint density at radius 3 is 1.86 bits per heavy atom. The van der Waals surface area contributed by atoms with E-state index in [2.05, 4.69) is 4.74 Å². The summed E-state index contributed by atoms with van der Waals surface area (Å²) in [5, 5.41) is 0. The molecule has 0 aromatic rings. The maximum atomic E-state index is 12.4. The van der Waals surface area contributed by atoms with Crippen LogP contribution in [-0.4, -0.2) is 24.6 Å². The van der Waals surface area contributed by atoms with Crippen LogP contribution in [-0.2, 0) is 4.74 Å². The summed E-state index contributed by atoms with van der Waals surface area (Å²) in [7, 11) is 0. The molecule has 7 heteroatoms. The van der Waals surface area contributed by atoms with Crippen LogP contribution in [0.1, 0.15) is 20.3 Å². The third-order valence-electron chi connectivity index (χ3n) is 1.52. The molecule has 0 rings (SSSR count). The molecule has 0 N–H and O–H groups in total. The molecular weight excluding hydrogens is 214 g/mol. The van der Waals surface area contributed by atoms with Crippen LogP contribution in [0.2, 0.25) is 0 Å². The number of alkyl halides is 6. The van der Waals surface area contributed by atoms with Crippen molar-refractivity contribution in [2.75, 3.05) is 0 Å². The smallest absolute Gasteiger partial charge is 0.315 e. The Labute approximate surface area is 77.0 Å². The first kappa shape index (κ1) is 13.5. The minimum absolute atomic E-state index is 0.0696. The zero-order valence-corrected chi connectivity index (χ0v) is 7.54. The first-order valence-electron chi connectivity index (χ1n) is 3.87. The van der Waals surface area contributed by atoms with E-state index < -0.39 is 24.6 Å². The Balaban J connectivity index is 4.45. The third-order valence-corrected chi connectivity index (χ3v) is 1.52. The van der Waals surface area contributed by atoms with Crippen molar-refractivity contribution < 1.29 is 31.1 Å². The molecule has 14 heavy (non-hydrogen) atoms. The van der Waals surface area contributed by atoms with Gasteiger partial charge in [0.25, 0.3) is 6.17 Å². The van der Waals surface area contributed by atoms with Crippen molar-refractivity contribution in [1.29, 1.82) is 0 Å². The number of hydrogen-bond donors (Lipinski definition) is 0. The van der Waals surface area contributed by atoms with Crippen molar-refractivity contribution in [2.24, 2.45) is 0 Å². The molecule has 0 saturated carbocycles. The summed E-state index contributed by atoms with van der Waals surface area (Å²) in [5.74, 6) is 0. The Bertz CT molecular complexity index is 178. The predicted octanol–water partition coefficient (Wildman–Crippen LogP) is 3.29. The van der Waals surface area contributed by atoms with Gasteiger partial charge in [-0.05, 0) is 13.3 Å². The number of ether oxygens (including phenoxy) is 1. The topological polar surface area (TPSA) is 9.23 Å². The van der Waals surface area contributed by atoms with Crippen LogP contribution in [0.3, 0.4) is 0 Å². The van der Waals surface area contributed by atoms with E-state index in [4.69, 9.17) is 0 Å². The molecule has 1 nitrogen and oxygen atoms in total. The van der Waals surface area contributed by atoms with Gasteiger partial charge in [-0.25, -0.2) is 4.39 Å². The fourth-order valence-corrected chi connectivity index (χ4v) is 0.602. The molecule has 0 bridgehead atoms. The van der Waals surface area contributed by atoms with E-state index in [9.17, 15) is 26.3 Å². The fourth-order valence-electron chi connectivity index (χ4n) is 0.602. The normalized spacial score (nSPS) is 18.0. The van der Waals surface area contributed by atoms with Gasteiger partial charge < -0.3 is 4.74 Å². The first-order chi connectivity index (χ1) is 6.11. The maximum Gasteiger partial charge on any atom is 0.428 e. The van der Waals surface area contributed by atoms with Crippen LogP contribution < -0.4 is 0 Å². The summed E-state index contributed by atoms with van der Waals surface area (Å²) in [5.41, 5.74) is 0. The van der Waals surface area contributed by atoms with E-state index >= 15 is 0 Å². The standard InChI is InChI=1S/C7H10F6O/c1-3-4(2)14-7(12,13)5(8)6(9,10)11/h4-5H,3H2,1-2H3. The van der Waals surface area contributed by atoms with Gasteiger partial charge in [-0.15, -0.1) is 0 Å². The molecule has 0 fully saturated rings. The summed E-state index contributed by atoms with van der Waals surface area (Å²) in [6, 6.07) is 0. The second-order valence-electron chi connectivity index (χ2n) is 2.80. The summed E-state index contributed by atoms with van der Waals surface area (Å²) < 4.78 is 75.4. The van der Waals surface area contributed by atoms with Gasteiger partial charge in [0.15, 0.2) is 0 Å². The number of hydrogen-bond acceptors (Lipinski definition) is 1. The second kappa shape index (κ2) is 4.37. The summed E-state index contributed by atoms with van der Waals surface area (Å²) in [6.07, 6.45) is -15.8. The molecule has 0 heterocycles. The minimum atomic E-state index is -5.61. The van der Waals surface area contributed by atoms with Crippen LogP contribution in [0, 0.1) is 0 Å². The van der Waals surface area contributed by atoms with Gasteiger partial charge in [0, 0.05) is 0 Å². The van der Waals surface area contributed by atoms with Gasteiger partial charge in [-0.3, -0.25) is 0 Å². The van der Waals surface area contributed by atoms with Crippen molar-refractivity contribution in [2.45, 2.75) is 44.8 Å². The van der Waals surface area contributed by atoms with Crippen LogP contribution in [0.5, 0.6) is 0 Å². The van der Waals surface area contributed by atoms with Gasteiger partial charge in [0.2, 0.25) is 0 Å². The zero-order chi connectivity index (χ0) is 11.6. The molecule has 0 amide bonds. The average molecular weight is 224 g/mol. The van der Waals surface area contributed by atoms with Crippen LogP contribution in [0.15, 0.2) is 0 Å². The van der Waals surface area contributed by atoms with Crippen LogP contribution in [0.4, 0.5) is 26.3 Å². The van der Waals surface area contributed by atoms with Crippen LogP contribution >= 0.6 is 0 Å². The number of rotatable bonds is 4. The predicted molar refractivity (Wildman–Crippen MR) is 36.7 cm³/mol. The molecule has 0 aromatic carbocycles. The largest absolute Gasteiger partial charge is 0.428 e. The summed E-state index contributed by atoms with van der Waals surface area (Å²) in [6.45, 7) is 2.57. The Hall–Kier alpha value is -0.460. The van der Waals surface area contributed by atoms with E-state index in [0.29, 0.717) is 0 Å². The average Bonchev–Trinajstić information content (AvgIpc) is 2.00. The fraction of sp³-hybridized carbons (Fsp3) is 1.00. The molecule has 0 radical (unpaired) electrons. The van der Waals surface area contributed by atoms with Gasteiger partial charge >= 0.3 is 12.3 Å². The molecule has 0 aliphatic heterocycles. The second-order valence-corrected chi connectivity index (χ2v) is 2.80. The molecule has 0 spiro atoms. The van der Waals surface area contributed by atoms with E-state index in [1.54, 1.807) is 0 Å². The Kier molecular flexibility index (Phi) is 4.23. The highest BCUT2D eigenvalue weighted by Crippen LogP contribution is 2.36. The Morgan fingerprint density at radius 1 is 1.14 bits per heavy atom. The first-order valence-corrected chi connectivity index (χ1v) is 3.87. The van der Waals surface area contributed by atoms with Gasteiger partial charge in [0.1, 0.15) is 0 Å².